The van der Waals surface area contributed by atoms with Gasteiger partial charge in [0.15, 0.2) is 0 Å². The third kappa shape index (κ3) is 4.37. The topological polar surface area (TPSA) is 52.7 Å². The number of benzene rings is 1. The quantitative estimate of drug-likeness (QED) is 0.895. The van der Waals surface area contributed by atoms with Gasteiger partial charge in [-0.1, -0.05) is 38.8 Å². The molecule has 5 heteroatoms. The molecule has 3 amide bonds. The van der Waals surface area contributed by atoms with Gasteiger partial charge < -0.3 is 15.1 Å². The molecule has 2 aliphatic rings. The average molecular weight is 357 g/mol. The molecule has 5 nitrogen and oxygen atoms in total. The van der Waals surface area contributed by atoms with Crippen LogP contribution in [0.5, 0.6) is 0 Å². The van der Waals surface area contributed by atoms with Crippen LogP contribution in [0.3, 0.4) is 0 Å². The predicted octanol–water partition coefficient (Wildman–Crippen LogP) is 3.61. The predicted molar refractivity (Wildman–Crippen MR) is 103 cm³/mol. The van der Waals surface area contributed by atoms with Crippen molar-refractivity contribution in [3.8, 4) is 0 Å². The van der Waals surface area contributed by atoms with Crippen molar-refractivity contribution in [2.75, 3.05) is 26.2 Å². The molecule has 1 N–H and O–H groups in total. The van der Waals surface area contributed by atoms with Crippen LogP contribution in [-0.4, -0.2) is 54.0 Å². The van der Waals surface area contributed by atoms with E-state index in [0.29, 0.717) is 38.1 Å². The summed E-state index contributed by atoms with van der Waals surface area (Å²) in [4.78, 5) is 28.8. The highest BCUT2D eigenvalue weighted by atomic mass is 16.2. The van der Waals surface area contributed by atoms with Crippen LogP contribution in [0.15, 0.2) is 24.3 Å². The molecular weight excluding hydrogens is 326 g/mol. The number of hydrogen-bond donors (Lipinski definition) is 1. The maximum absolute atomic E-state index is 12.7. The smallest absolute Gasteiger partial charge is 0.317 e. The van der Waals surface area contributed by atoms with E-state index in [2.05, 4.69) is 31.3 Å². The molecule has 142 valence electrons. The molecule has 1 saturated carbocycles. The van der Waals surface area contributed by atoms with Gasteiger partial charge in [0.25, 0.3) is 5.91 Å². The number of hydrogen-bond acceptors (Lipinski definition) is 2. The molecule has 0 spiro atoms. The number of amides is 3. The highest BCUT2D eigenvalue weighted by molar-refractivity contribution is 5.94. The van der Waals surface area contributed by atoms with E-state index < -0.39 is 0 Å². The zero-order chi connectivity index (χ0) is 18.5. The van der Waals surface area contributed by atoms with E-state index in [1.54, 1.807) is 0 Å². The van der Waals surface area contributed by atoms with E-state index in [-0.39, 0.29) is 11.9 Å². The minimum absolute atomic E-state index is 0.0295. The molecule has 26 heavy (non-hydrogen) atoms. The molecule has 1 heterocycles. The lowest BCUT2D eigenvalue weighted by molar-refractivity contribution is 0.0663. The largest absolute Gasteiger partial charge is 0.335 e. The van der Waals surface area contributed by atoms with Gasteiger partial charge in [0.1, 0.15) is 0 Å². The van der Waals surface area contributed by atoms with E-state index in [1.807, 2.05) is 21.9 Å². The summed E-state index contributed by atoms with van der Waals surface area (Å²) in [5.74, 6) is 0.581. The Morgan fingerprint density at radius 3 is 2.19 bits per heavy atom. The summed E-state index contributed by atoms with van der Waals surface area (Å²) >= 11 is 0. The summed E-state index contributed by atoms with van der Waals surface area (Å²) in [6.07, 6.45) is 5.71. The van der Waals surface area contributed by atoms with Gasteiger partial charge in [-0.2, -0.15) is 0 Å². The normalized spacial score (nSPS) is 19.5. The van der Waals surface area contributed by atoms with Crippen molar-refractivity contribution in [2.45, 2.75) is 57.9 Å². The molecule has 1 unspecified atom stereocenters. The van der Waals surface area contributed by atoms with E-state index in [4.69, 9.17) is 0 Å². The monoisotopic (exact) mass is 357 g/mol. The van der Waals surface area contributed by atoms with Crippen molar-refractivity contribution in [2.24, 2.45) is 0 Å². The summed E-state index contributed by atoms with van der Waals surface area (Å²) in [6.45, 7) is 6.79. The maximum atomic E-state index is 12.7. The SMILES string of the molecule is CCC(C)c1ccc(C(=O)N2CCN(C(=O)NC3CCCC3)CC2)cc1. The van der Waals surface area contributed by atoms with Gasteiger partial charge in [0.05, 0.1) is 0 Å². The molecule has 1 aliphatic heterocycles. The number of urea groups is 1. The molecule has 1 atom stereocenters. The number of nitrogens with zero attached hydrogens (tertiary/aromatic N) is 2. The Bertz CT molecular complexity index is 615. The first-order valence-electron chi connectivity index (χ1n) is 10.0. The fraction of sp³-hybridized carbons (Fsp3) is 0.619. The van der Waals surface area contributed by atoms with Crippen molar-refractivity contribution in [1.82, 2.24) is 15.1 Å². The Balaban J connectivity index is 1.50. The van der Waals surface area contributed by atoms with Gasteiger partial charge in [0.2, 0.25) is 0 Å². The second-order valence-electron chi connectivity index (χ2n) is 7.64. The van der Waals surface area contributed by atoms with Gasteiger partial charge in [-0.05, 0) is 42.9 Å². The summed E-state index contributed by atoms with van der Waals surface area (Å²) in [5.41, 5.74) is 2.01. The van der Waals surface area contributed by atoms with E-state index in [1.165, 1.54) is 18.4 Å². The minimum Gasteiger partial charge on any atom is -0.335 e. The van der Waals surface area contributed by atoms with Crippen molar-refractivity contribution in [3.63, 3.8) is 0 Å². The fourth-order valence-electron chi connectivity index (χ4n) is 3.82. The summed E-state index contributed by atoms with van der Waals surface area (Å²) in [7, 11) is 0. The third-order valence-corrected chi connectivity index (χ3v) is 5.88. The van der Waals surface area contributed by atoms with E-state index in [9.17, 15) is 9.59 Å². The number of carbonyl (C=O) groups is 2. The molecule has 0 aromatic heterocycles. The number of carbonyl (C=O) groups excluding carboxylic acids is 2. The maximum Gasteiger partial charge on any atom is 0.317 e. The van der Waals surface area contributed by atoms with Gasteiger partial charge >= 0.3 is 6.03 Å². The molecule has 1 aromatic rings. The van der Waals surface area contributed by atoms with Gasteiger partial charge in [-0.15, -0.1) is 0 Å². The van der Waals surface area contributed by atoms with Crippen LogP contribution in [-0.2, 0) is 0 Å². The minimum atomic E-state index is 0.0295. The van der Waals surface area contributed by atoms with Gasteiger partial charge in [-0.25, -0.2) is 4.79 Å². The van der Waals surface area contributed by atoms with E-state index >= 15 is 0 Å². The lowest BCUT2D eigenvalue weighted by atomic mass is 9.97. The van der Waals surface area contributed by atoms with Gasteiger partial charge in [-0.3, -0.25) is 4.79 Å². The summed E-state index contributed by atoms with van der Waals surface area (Å²) < 4.78 is 0. The first kappa shape index (κ1) is 18.7. The Labute approximate surface area is 156 Å². The first-order chi connectivity index (χ1) is 12.6. The Hall–Kier alpha value is -2.04. The molecule has 1 aliphatic carbocycles. The number of rotatable bonds is 4. The Kier molecular flexibility index (Phi) is 6.17. The molecule has 1 aromatic carbocycles. The summed E-state index contributed by atoms with van der Waals surface area (Å²) in [6, 6.07) is 8.36. The second kappa shape index (κ2) is 8.56. The molecular formula is C21H31N3O2. The lowest BCUT2D eigenvalue weighted by Crippen LogP contribution is -2.54. The Morgan fingerprint density at radius 1 is 1.04 bits per heavy atom. The van der Waals surface area contributed by atoms with Crippen molar-refractivity contribution in [3.05, 3.63) is 35.4 Å². The van der Waals surface area contributed by atoms with Crippen molar-refractivity contribution < 1.29 is 9.59 Å². The summed E-state index contributed by atoms with van der Waals surface area (Å²) in [5, 5.41) is 3.13. The van der Waals surface area contributed by atoms with Crippen LogP contribution >= 0.6 is 0 Å². The Morgan fingerprint density at radius 2 is 1.62 bits per heavy atom. The standard InChI is InChI=1S/C21H31N3O2/c1-3-16(2)17-8-10-18(11-9-17)20(25)23-12-14-24(15-13-23)21(26)22-19-6-4-5-7-19/h8-11,16,19H,3-7,12-15H2,1-2H3,(H,22,26). The van der Waals surface area contributed by atoms with Crippen LogP contribution in [0.25, 0.3) is 0 Å². The highest BCUT2D eigenvalue weighted by Crippen LogP contribution is 2.20. The molecule has 0 bridgehead atoms. The van der Waals surface area contributed by atoms with Crippen LogP contribution in [0.4, 0.5) is 4.79 Å². The van der Waals surface area contributed by atoms with Crippen LogP contribution < -0.4 is 5.32 Å². The average Bonchev–Trinajstić information content (AvgIpc) is 3.20. The molecule has 2 fully saturated rings. The van der Waals surface area contributed by atoms with Crippen molar-refractivity contribution in [1.29, 1.82) is 0 Å². The van der Waals surface area contributed by atoms with Crippen LogP contribution in [0.1, 0.15) is 67.8 Å². The number of piperazine rings is 1. The van der Waals surface area contributed by atoms with Gasteiger partial charge in [0, 0.05) is 37.8 Å². The van der Waals surface area contributed by atoms with Crippen molar-refractivity contribution >= 4 is 11.9 Å². The number of nitrogens with one attached hydrogen (secondary N) is 1. The fourth-order valence-corrected chi connectivity index (χ4v) is 3.82. The van der Waals surface area contributed by atoms with Crippen LogP contribution in [0, 0.1) is 0 Å². The zero-order valence-corrected chi connectivity index (χ0v) is 16.0. The second-order valence-corrected chi connectivity index (χ2v) is 7.64. The molecule has 1 saturated heterocycles. The first-order valence-corrected chi connectivity index (χ1v) is 10.0. The van der Waals surface area contributed by atoms with E-state index in [0.717, 1.165) is 24.8 Å². The lowest BCUT2D eigenvalue weighted by Gasteiger charge is -2.35. The highest BCUT2D eigenvalue weighted by Gasteiger charge is 2.26. The third-order valence-electron chi connectivity index (χ3n) is 5.88. The van der Waals surface area contributed by atoms with Crippen LogP contribution in [0.2, 0.25) is 0 Å². The zero-order valence-electron chi connectivity index (χ0n) is 16.0. The molecule has 0 radical (unpaired) electrons. The molecule has 3 rings (SSSR count).